The second-order valence-electron chi connectivity index (χ2n) is 7.42. The van der Waals surface area contributed by atoms with Crippen molar-refractivity contribution in [3.8, 4) is 0 Å². The maximum absolute atomic E-state index is 12.3. The lowest BCUT2D eigenvalue weighted by Crippen LogP contribution is -2.50. The summed E-state index contributed by atoms with van der Waals surface area (Å²) in [5, 5.41) is 0. The van der Waals surface area contributed by atoms with Gasteiger partial charge in [-0.1, -0.05) is 18.2 Å². The number of piperidine rings is 1. The normalized spacial score (nSPS) is 22.5. The van der Waals surface area contributed by atoms with E-state index in [1.807, 2.05) is 20.8 Å². The molecule has 2 atom stereocenters. The van der Waals surface area contributed by atoms with E-state index >= 15 is 0 Å². The molecule has 0 aliphatic carbocycles. The van der Waals surface area contributed by atoms with Crippen LogP contribution in [0.4, 0.5) is 4.79 Å². The zero-order valence-corrected chi connectivity index (χ0v) is 14.3. The first kappa shape index (κ1) is 16.8. The largest absolute Gasteiger partial charge is 0.444 e. The Morgan fingerprint density at radius 3 is 2.50 bits per heavy atom. The van der Waals surface area contributed by atoms with Gasteiger partial charge in [-0.2, -0.15) is 0 Å². The first-order chi connectivity index (χ1) is 10.2. The number of ether oxygens (including phenoxy) is 1. The van der Waals surface area contributed by atoms with Gasteiger partial charge in [-0.3, -0.25) is 0 Å². The standard InChI is InChI=1S/C18H28N2O2/c1-12-6-7-14(8-13(12)2)15-9-16(19)11-20(10-15)17(21)22-18(3,4)5/h6-8,15-16H,9-11,19H2,1-5H3. The van der Waals surface area contributed by atoms with E-state index in [1.54, 1.807) is 4.90 Å². The fourth-order valence-electron chi connectivity index (χ4n) is 2.87. The van der Waals surface area contributed by atoms with Crippen molar-refractivity contribution in [2.45, 2.75) is 58.6 Å². The average molecular weight is 304 g/mol. The summed E-state index contributed by atoms with van der Waals surface area (Å²) < 4.78 is 5.48. The molecule has 1 amide bonds. The monoisotopic (exact) mass is 304 g/mol. The van der Waals surface area contributed by atoms with E-state index in [1.165, 1.54) is 16.7 Å². The lowest BCUT2D eigenvalue weighted by molar-refractivity contribution is 0.0181. The Hall–Kier alpha value is -1.55. The third kappa shape index (κ3) is 4.23. The molecular formula is C18H28N2O2. The van der Waals surface area contributed by atoms with Crippen molar-refractivity contribution in [1.29, 1.82) is 0 Å². The number of benzene rings is 1. The van der Waals surface area contributed by atoms with Gasteiger partial charge in [0.05, 0.1) is 0 Å². The molecule has 2 unspecified atom stereocenters. The smallest absolute Gasteiger partial charge is 0.410 e. The van der Waals surface area contributed by atoms with Gasteiger partial charge in [0.2, 0.25) is 0 Å². The first-order valence-electron chi connectivity index (χ1n) is 7.96. The molecular weight excluding hydrogens is 276 g/mol. The number of nitrogens with zero attached hydrogens (tertiary/aromatic N) is 1. The maximum Gasteiger partial charge on any atom is 0.410 e. The van der Waals surface area contributed by atoms with E-state index in [0.29, 0.717) is 13.1 Å². The maximum atomic E-state index is 12.3. The zero-order chi connectivity index (χ0) is 16.5. The van der Waals surface area contributed by atoms with Crippen molar-refractivity contribution in [3.63, 3.8) is 0 Å². The zero-order valence-electron chi connectivity index (χ0n) is 14.3. The Kier molecular flexibility index (Phi) is 4.81. The molecule has 0 spiro atoms. The molecule has 0 bridgehead atoms. The Bertz CT molecular complexity index is 549. The predicted molar refractivity (Wildman–Crippen MR) is 89.1 cm³/mol. The number of carbonyl (C=O) groups excluding carboxylic acids is 1. The molecule has 1 aromatic carbocycles. The quantitative estimate of drug-likeness (QED) is 0.865. The number of amides is 1. The van der Waals surface area contributed by atoms with Crippen molar-refractivity contribution in [3.05, 3.63) is 34.9 Å². The van der Waals surface area contributed by atoms with Crippen LogP contribution in [0.2, 0.25) is 0 Å². The lowest BCUT2D eigenvalue weighted by Gasteiger charge is -2.37. The molecule has 1 fully saturated rings. The number of carbonyl (C=O) groups is 1. The van der Waals surface area contributed by atoms with Crippen molar-refractivity contribution >= 4 is 6.09 Å². The lowest BCUT2D eigenvalue weighted by atomic mass is 9.87. The minimum absolute atomic E-state index is 0.00659. The summed E-state index contributed by atoms with van der Waals surface area (Å²) in [4.78, 5) is 14.1. The first-order valence-corrected chi connectivity index (χ1v) is 7.96. The Balaban J connectivity index is 2.13. The van der Waals surface area contributed by atoms with Gasteiger partial charge in [-0.05, 0) is 57.7 Å². The molecule has 2 rings (SSSR count). The van der Waals surface area contributed by atoms with Gasteiger partial charge in [0.1, 0.15) is 5.60 Å². The minimum Gasteiger partial charge on any atom is -0.444 e. The number of likely N-dealkylation sites (tertiary alicyclic amines) is 1. The van der Waals surface area contributed by atoms with Gasteiger partial charge < -0.3 is 15.4 Å². The molecule has 122 valence electrons. The van der Waals surface area contributed by atoms with Crippen LogP contribution in [0, 0.1) is 13.8 Å². The summed E-state index contributed by atoms with van der Waals surface area (Å²) in [5.74, 6) is 0.274. The average Bonchev–Trinajstić information content (AvgIpc) is 2.39. The fourth-order valence-corrected chi connectivity index (χ4v) is 2.87. The highest BCUT2D eigenvalue weighted by Crippen LogP contribution is 2.28. The highest BCUT2D eigenvalue weighted by atomic mass is 16.6. The van der Waals surface area contributed by atoms with Gasteiger partial charge in [0.15, 0.2) is 0 Å². The third-order valence-corrected chi connectivity index (χ3v) is 4.14. The van der Waals surface area contributed by atoms with Crippen LogP contribution in [0.25, 0.3) is 0 Å². The van der Waals surface area contributed by atoms with E-state index in [0.717, 1.165) is 6.42 Å². The molecule has 0 radical (unpaired) electrons. The second kappa shape index (κ2) is 6.29. The minimum atomic E-state index is -0.478. The van der Waals surface area contributed by atoms with Crippen molar-refractivity contribution in [2.75, 3.05) is 13.1 Å². The van der Waals surface area contributed by atoms with Crippen LogP contribution >= 0.6 is 0 Å². The molecule has 1 aliphatic heterocycles. The van der Waals surface area contributed by atoms with Crippen LogP contribution in [0.1, 0.15) is 49.8 Å². The second-order valence-corrected chi connectivity index (χ2v) is 7.42. The molecule has 4 heteroatoms. The fraction of sp³-hybridized carbons (Fsp3) is 0.611. The number of nitrogens with two attached hydrogens (primary N) is 1. The van der Waals surface area contributed by atoms with Gasteiger partial charge in [0.25, 0.3) is 0 Å². The number of aryl methyl sites for hydroxylation is 2. The summed E-state index contributed by atoms with van der Waals surface area (Å²) in [6.07, 6.45) is 0.637. The van der Waals surface area contributed by atoms with Crippen molar-refractivity contribution in [1.82, 2.24) is 4.90 Å². The van der Waals surface area contributed by atoms with E-state index < -0.39 is 5.60 Å². The van der Waals surface area contributed by atoms with Crippen molar-refractivity contribution in [2.24, 2.45) is 5.73 Å². The number of hydrogen-bond donors (Lipinski definition) is 1. The topological polar surface area (TPSA) is 55.6 Å². The molecule has 2 N–H and O–H groups in total. The summed E-state index contributed by atoms with van der Waals surface area (Å²) in [6, 6.07) is 6.50. The van der Waals surface area contributed by atoms with Gasteiger partial charge in [-0.15, -0.1) is 0 Å². The molecule has 4 nitrogen and oxygen atoms in total. The van der Waals surface area contributed by atoms with Crippen LogP contribution in [0.5, 0.6) is 0 Å². The van der Waals surface area contributed by atoms with Crippen LogP contribution in [0.3, 0.4) is 0 Å². The molecule has 1 heterocycles. The summed E-state index contributed by atoms with van der Waals surface area (Å²) in [6.45, 7) is 11.1. The van der Waals surface area contributed by atoms with Crippen LogP contribution in [-0.2, 0) is 4.74 Å². The Labute approximate surface area is 133 Å². The number of rotatable bonds is 1. The van der Waals surface area contributed by atoms with Gasteiger partial charge in [-0.25, -0.2) is 4.79 Å². The molecule has 22 heavy (non-hydrogen) atoms. The van der Waals surface area contributed by atoms with Crippen LogP contribution in [-0.4, -0.2) is 35.7 Å². The highest BCUT2D eigenvalue weighted by Gasteiger charge is 2.31. The highest BCUT2D eigenvalue weighted by molar-refractivity contribution is 5.68. The Morgan fingerprint density at radius 2 is 1.91 bits per heavy atom. The Morgan fingerprint density at radius 1 is 1.23 bits per heavy atom. The SMILES string of the molecule is Cc1ccc(C2CC(N)CN(C(=O)OC(C)(C)C)C2)cc1C. The molecule has 1 aromatic rings. The van der Waals surface area contributed by atoms with E-state index in [4.69, 9.17) is 10.5 Å². The third-order valence-electron chi connectivity index (χ3n) is 4.14. The van der Waals surface area contributed by atoms with Gasteiger partial charge >= 0.3 is 6.09 Å². The summed E-state index contributed by atoms with van der Waals surface area (Å²) in [5.41, 5.74) is 9.51. The summed E-state index contributed by atoms with van der Waals surface area (Å²) in [7, 11) is 0. The van der Waals surface area contributed by atoms with Crippen LogP contribution in [0.15, 0.2) is 18.2 Å². The molecule has 0 aromatic heterocycles. The molecule has 0 saturated carbocycles. The molecule has 1 saturated heterocycles. The predicted octanol–water partition coefficient (Wildman–Crippen LogP) is 3.36. The molecule has 1 aliphatic rings. The van der Waals surface area contributed by atoms with E-state index in [2.05, 4.69) is 32.0 Å². The van der Waals surface area contributed by atoms with Gasteiger partial charge in [0, 0.05) is 25.0 Å². The van der Waals surface area contributed by atoms with Crippen molar-refractivity contribution < 1.29 is 9.53 Å². The number of hydrogen-bond acceptors (Lipinski definition) is 3. The summed E-state index contributed by atoms with van der Waals surface area (Å²) >= 11 is 0. The van der Waals surface area contributed by atoms with E-state index in [9.17, 15) is 4.79 Å². The van der Waals surface area contributed by atoms with Crippen LogP contribution < -0.4 is 5.73 Å². The van der Waals surface area contributed by atoms with E-state index in [-0.39, 0.29) is 18.1 Å².